The minimum Gasteiger partial charge on any atom is -0.483 e. The Morgan fingerprint density at radius 1 is 1.32 bits per heavy atom. The van der Waals surface area contributed by atoms with Gasteiger partial charge < -0.3 is 14.6 Å². The number of benzene rings is 1. The Kier molecular flexibility index (Phi) is 8.14. The smallest absolute Gasteiger partial charge is 0.235 e. The van der Waals surface area contributed by atoms with Crippen LogP contribution in [-0.4, -0.2) is 26.4 Å². The van der Waals surface area contributed by atoms with Crippen molar-refractivity contribution in [2.45, 2.75) is 56.7 Å². The van der Waals surface area contributed by atoms with Gasteiger partial charge in [-0.3, -0.25) is 4.79 Å². The normalized spacial score (nSPS) is 14.4. The van der Waals surface area contributed by atoms with E-state index in [1.54, 1.807) is 23.5 Å². The molecular weight excluding hydrogens is 490 g/mol. The average molecular weight is 516 g/mol. The first-order chi connectivity index (χ1) is 16.5. The monoisotopic (exact) mass is 515 g/mol. The zero-order valence-corrected chi connectivity index (χ0v) is 21.5. The average Bonchev–Trinajstić information content (AvgIpc) is 3.31. The summed E-state index contributed by atoms with van der Waals surface area (Å²) >= 11 is 8.88. The van der Waals surface area contributed by atoms with Crippen molar-refractivity contribution in [3.63, 3.8) is 0 Å². The molecule has 0 fully saturated rings. The number of hydrogen-bond acceptors (Lipinski definition) is 7. The third-order valence-electron chi connectivity index (χ3n) is 5.71. The second-order valence-electron chi connectivity index (χ2n) is 8.19. The third kappa shape index (κ3) is 5.74. The number of anilines is 1. The molecule has 1 aliphatic carbocycles. The Balaban J connectivity index is 1.38. The molecule has 1 aliphatic rings. The molecule has 178 valence electrons. The Hall–Kier alpha value is -2.54. The summed E-state index contributed by atoms with van der Waals surface area (Å²) in [6.45, 7) is 1.89. The van der Waals surface area contributed by atoms with Crippen molar-refractivity contribution >= 4 is 45.6 Å². The lowest BCUT2D eigenvalue weighted by molar-refractivity contribution is -0.113. The number of rotatable bonds is 7. The Labute approximate surface area is 212 Å². The van der Waals surface area contributed by atoms with Crippen LogP contribution in [0.15, 0.2) is 29.4 Å². The van der Waals surface area contributed by atoms with Gasteiger partial charge in [0, 0.05) is 16.9 Å². The number of fused-ring (bicyclic) bond motifs is 1. The Morgan fingerprint density at radius 2 is 2.12 bits per heavy atom. The molecule has 1 amide bonds. The number of carbonyl (C=O) groups excluding carboxylic acids is 1. The molecule has 0 aliphatic heterocycles. The van der Waals surface area contributed by atoms with Gasteiger partial charge in [0.1, 0.15) is 16.8 Å². The van der Waals surface area contributed by atoms with Gasteiger partial charge in [-0.05, 0) is 56.4 Å². The highest BCUT2D eigenvalue weighted by molar-refractivity contribution is 7.99. The van der Waals surface area contributed by atoms with E-state index in [0.717, 1.165) is 31.2 Å². The maximum Gasteiger partial charge on any atom is 0.235 e. The number of aryl methyl sites for hydroxylation is 1. The van der Waals surface area contributed by atoms with Gasteiger partial charge in [-0.15, -0.1) is 21.5 Å². The van der Waals surface area contributed by atoms with E-state index in [0.29, 0.717) is 32.3 Å². The molecule has 7 nitrogen and oxygen atoms in total. The van der Waals surface area contributed by atoms with E-state index in [4.69, 9.17) is 16.3 Å². The lowest BCUT2D eigenvalue weighted by Gasteiger charge is -2.14. The molecule has 1 N–H and O–H groups in total. The molecule has 0 bridgehead atoms. The summed E-state index contributed by atoms with van der Waals surface area (Å²) in [7, 11) is 1.85. The molecule has 4 rings (SSSR count). The van der Waals surface area contributed by atoms with E-state index in [1.165, 1.54) is 29.5 Å². The highest BCUT2D eigenvalue weighted by Crippen LogP contribution is 2.36. The fourth-order valence-electron chi connectivity index (χ4n) is 4.02. The molecule has 1 atom stereocenters. The Morgan fingerprint density at radius 3 is 2.88 bits per heavy atom. The molecule has 34 heavy (non-hydrogen) atoms. The van der Waals surface area contributed by atoms with E-state index in [-0.39, 0.29) is 17.8 Å². The largest absolute Gasteiger partial charge is 0.483 e. The Bertz CT molecular complexity index is 1220. The van der Waals surface area contributed by atoms with E-state index in [1.807, 2.05) is 30.7 Å². The number of carbonyl (C=O) groups is 1. The molecule has 0 spiro atoms. The fourth-order valence-corrected chi connectivity index (χ4v) is 6.18. The molecule has 10 heteroatoms. The highest BCUT2D eigenvalue weighted by atomic mass is 35.5. The zero-order valence-electron chi connectivity index (χ0n) is 19.1. The number of thioether (sulfide) groups is 1. The second-order valence-corrected chi connectivity index (χ2v) is 10.7. The zero-order chi connectivity index (χ0) is 24.1. The first-order valence-electron chi connectivity index (χ1n) is 11.2. The van der Waals surface area contributed by atoms with Crippen molar-refractivity contribution in [2.75, 3.05) is 11.1 Å². The molecule has 0 saturated carbocycles. The van der Waals surface area contributed by atoms with Crippen molar-refractivity contribution in [3.8, 4) is 11.8 Å². The van der Waals surface area contributed by atoms with Gasteiger partial charge in [0.25, 0.3) is 0 Å². The van der Waals surface area contributed by atoms with E-state index in [2.05, 4.69) is 21.6 Å². The van der Waals surface area contributed by atoms with Gasteiger partial charge in [-0.2, -0.15) is 5.26 Å². The molecule has 1 unspecified atom stereocenters. The van der Waals surface area contributed by atoms with E-state index >= 15 is 0 Å². The van der Waals surface area contributed by atoms with Gasteiger partial charge in [0.2, 0.25) is 5.91 Å². The van der Waals surface area contributed by atoms with Crippen LogP contribution < -0.4 is 10.1 Å². The predicted octanol–water partition coefficient (Wildman–Crippen LogP) is 5.93. The van der Waals surface area contributed by atoms with Gasteiger partial charge in [-0.1, -0.05) is 42.3 Å². The first kappa shape index (κ1) is 24.6. The van der Waals surface area contributed by atoms with Crippen molar-refractivity contribution in [2.24, 2.45) is 7.05 Å². The summed E-state index contributed by atoms with van der Waals surface area (Å²) in [5, 5.41) is 23.0. The molecule has 0 saturated heterocycles. The highest BCUT2D eigenvalue weighted by Gasteiger charge is 2.22. The van der Waals surface area contributed by atoms with Crippen molar-refractivity contribution in [3.05, 3.63) is 51.1 Å². The van der Waals surface area contributed by atoms with E-state index in [9.17, 15) is 10.1 Å². The van der Waals surface area contributed by atoms with E-state index < -0.39 is 0 Å². The standard InChI is InChI=1S/C24H26ClN5O2S2/c1-15(32-17-9-7-8-16(25)12-17)22-28-29-24(30(22)2)33-14-21(31)27-23-19(13-26)18-10-5-3-4-6-11-20(18)34-23/h7-9,12,15H,3-6,10-11,14H2,1-2H3,(H,27,31). The summed E-state index contributed by atoms with van der Waals surface area (Å²) < 4.78 is 7.76. The van der Waals surface area contributed by atoms with Crippen LogP contribution in [0, 0.1) is 11.3 Å². The van der Waals surface area contributed by atoms with Gasteiger partial charge in [0.05, 0.1) is 11.3 Å². The molecular formula is C24H26ClN5O2S2. The van der Waals surface area contributed by atoms with Crippen LogP contribution >= 0.6 is 34.7 Å². The molecule has 0 radical (unpaired) electrons. The first-order valence-corrected chi connectivity index (χ1v) is 13.4. The maximum atomic E-state index is 12.7. The van der Waals surface area contributed by atoms with Gasteiger partial charge in [-0.25, -0.2) is 0 Å². The number of ether oxygens (including phenoxy) is 1. The number of aromatic nitrogens is 3. The van der Waals surface area contributed by atoms with Crippen molar-refractivity contribution in [1.29, 1.82) is 5.26 Å². The molecule has 1 aromatic carbocycles. The summed E-state index contributed by atoms with van der Waals surface area (Å²) in [6.07, 6.45) is 6.20. The summed E-state index contributed by atoms with van der Waals surface area (Å²) in [5.74, 6) is 1.30. The molecule has 3 aromatic rings. The van der Waals surface area contributed by atoms with Crippen LogP contribution in [0.25, 0.3) is 0 Å². The number of amides is 1. The number of halogens is 1. The maximum absolute atomic E-state index is 12.7. The van der Waals surface area contributed by atoms with Crippen LogP contribution in [-0.2, 0) is 24.7 Å². The van der Waals surface area contributed by atoms with Crippen LogP contribution in [0.2, 0.25) is 5.02 Å². The lowest BCUT2D eigenvalue weighted by atomic mass is 9.97. The predicted molar refractivity (Wildman–Crippen MR) is 136 cm³/mol. The quantitative estimate of drug-likeness (QED) is 0.392. The summed E-state index contributed by atoms with van der Waals surface area (Å²) in [6, 6.07) is 9.51. The number of nitrogens with one attached hydrogen (secondary N) is 1. The minimum atomic E-state index is -0.345. The number of hydrogen-bond donors (Lipinski definition) is 1. The lowest BCUT2D eigenvalue weighted by Crippen LogP contribution is -2.15. The summed E-state index contributed by atoms with van der Waals surface area (Å²) in [4.78, 5) is 13.9. The SMILES string of the molecule is CC(Oc1cccc(Cl)c1)c1nnc(SCC(=O)Nc2sc3c(c2C#N)CCCCCC3)n1C. The second kappa shape index (κ2) is 11.3. The van der Waals surface area contributed by atoms with Gasteiger partial charge >= 0.3 is 0 Å². The van der Waals surface area contributed by atoms with Crippen molar-refractivity contribution < 1.29 is 9.53 Å². The van der Waals surface area contributed by atoms with Crippen LogP contribution in [0.1, 0.15) is 60.5 Å². The van der Waals surface area contributed by atoms with Crippen molar-refractivity contribution in [1.82, 2.24) is 14.8 Å². The number of nitriles is 1. The summed E-state index contributed by atoms with van der Waals surface area (Å²) in [5.41, 5.74) is 1.76. The number of thiophene rings is 1. The molecule has 2 heterocycles. The van der Waals surface area contributed by atoms with Crippen LogP contribution in [0.5, 0.6) is 5.75 Å². The fraction of sp³-hybridized carbons (Fsp3) is 0.417. The third-order valence-corrected chi connectivity index (χ3v) is 8.17. The van der Waals surface area contributed by atoms with Crippen LogP contribution in [0.3, 0.4) is 0 Å². The van der Waals surface area contributed by atoms with Gasteiger partial charge in [0.15, 0.2) is 17.1 Å². The molecule has 2 aromatic heterocycles. The van der Waals surface area contributed by atoms with Crippen LogP contribution in [0.4, 0.5) is 5.00 Å². The topological polar surface area (TPSA) is 92.8 Å². The minimum absolute atomic E-state index is 0.163. The number of nitrogens with zero attached hydrogens (tertiary/aromatic N) is 4.